The third kappa shape index (κ3) is 4.90. The van der Waals surface area contributed by atoms with E-state index in [0.29, 0.717) is 11.7 Å². The summed E-state index contributed by atoms with van der Waals surface area (Å²) in [5.41, 5.74) is 5.33. The number of hydrogen-bond acceptors (Lipinski definition) is 4. The summed E-state index contributed by atoms with van der Waals surface area (Å²) in [7, 11) is 0. The average Bonchev–Trinajstić information content (AvgIpc) is 3.59. The Morgan fingerprint density at radius 1 is 1.09 bits per heavy atom. The first-order chi connectivity index (χ1) is 15.7. The van der Waals surface area contributed by atoms with Gasteiger partial charge in [-0.15, -0.1) is 10.2 Å². The molecule has 3 aromatic rings. The van der Waals surface area contributed by atoms with E-state index < -0.39 is 0 Å². The van der Waals surface area contributed by atoms with Gasteiger partial charge in [-0.1, -0.05) is 60.3 Å². The second-order valence-corrected chi connectivity index (χ2v) is 9.94. The molecule has 1 fully saturated rings. The molecule has 1 saturated carbocycles. The fourth-order valence-electron chi connectivity index (χ4n) is 4.48. The quantitative estimate of drug-likeness (QED) is 0.492. The van der Waals surface area contributed by atoms with E-state index in [0.717, 1.165) is 23.9 Å². The van der Waals surface area contributed by atoms with Crippen LogP contribution in [0, 0.1) is 0 Å². The Kier molecular flexibility index (Phi) is 6.30. The van der Waals surface area contributed by atoms with Gasteiger partial charge in [0, 0.05) is 5.92 Å². The number of nitrogens with zero attached hydrogens (tertiary/aromatic N) is 3. The standard InChI is InChI=1S/C26H30N4OS/c1-18(22-14-11-20-9-5-6-10-23(20)15-22)27-24(31)17-32-26-29-28-25(21-12-13-21)30(26)16-19-7-3-2-4-8-19/h2-4,7-8,11,14-15,18,21H,5-6,9-10,12-13,16-17H2,1H3,(H,27,31). The molecule has 1 heterocycles. The van der Waals surface area contributed by atoms with E-state index in [4.69, 9.17) is 0 Å². The summed E-state index contributed by atoms with van der Waals surface area (Å²) < 4.78 is 2.19. The maximum atomic E-state index is 12.7. The summed E-state index contributed by atoms with van der Waals surface area (Å²) in [5.74, 6) is 1.94. The smallest absolute Gasteiger partial charge is 0.230 e. The molecule has 0 aliphatic heterocycles. The first kappa shape index (κ1) is 21.3. The van der Waals surface area contributed by atoms with Gasteiger partial charge in [0.05, 0.1) is 18.3 Å². The van der Waals surface area contributed by atoms with Crippen LogP contribution >= 0.6 is 11.8 Å². The van der Waals surface area contributed by atoms with Crippen LogP contribution in [-0.4, -0.2) is 26.4 Å². The summed E-state index contributed by atoms with van der Waals surface area (Å²) >= 11 is 1.48. The fourth-order valence-corrected chi connectivity index (χ4v) is 5.24. The molecule has 1 N–H and O–H groups in total. The molecule has 0 bridgehead atoms. The summed E-state index contributed by atoms with van der Waals surface area (Å²) in [6.07, 6.45) is 7.24. The van der Waals surface area contributed by atoms with Gasteiger partial charge in [-0.2, -0.15) is 0 Å². The van der Waals surface area contributed by atoms with Gasteiger partial charge in [-0.3, -0.25) is 4.79 Å². The summed E-state index contributed by atoms with van der Waals surface area (Å²) in [5, 5.41) is 12.9. The van der Waals surface area contributed by atoms with Crippen molar-refractivity contribution in [1.82, 2.24) is 20.1 Å². The molecule has 2 aliphatic carbocycles. The van der Waals surface area contributed by atoms with E-state index in [2.05, 4.69) is 69.5 Å². The lowest BCUT2D eigenvalue weighted by atomic mass is 9.89. The second-order valence-electron chi connectivity index (χ2n) is 9.00. The number of aryl methyl sites for hydroxylation is 2. The molecular weight excluding hydrogens is 416 g/mol. The topological polar surface area (TPSA) is 59.8 Å². The van der Waals surface area contributed by atoms with E-state index in [1.807, 2.05) is 6.07 Å². The molecule has 0 radical (unpaired) electrons. The van der Waals surface area contributed by atoms with Gasteiger partial charge < -0.3 is 9.88 Å². The monoisotopic (exact) mass is 446 g/mol. The van der Waals surface area contributed by atoms with Crippen LogP contribution in [0.2, 0.25) is 0 Å². The molecule has 5 nitrogen and oxygen atoms in total. The Labute approximate surface area is 194 Å². The van der Waals surface area contributed by atoms with Crippen molar-refractivity contribution in [3.63, 3.8) is 0 Å². The number of benzene rings is 2. The van der Waals surface area contributed by atoms with Crippen molar-refractivity contribution in [2.75, 3.05) is 5.75 Å². The van der Waals surface area contributed by atoms with E-state index in [9.17, 15) is 4.79 Å². The van der Waals surface area contributed by atoms with Gasteiger partial charge in [0.1, 0.15) is 5.82 Å². The van der Waals surface area contributed by atoms with Crippen LogP contribution in [0.3, 0.4) is 0 Å². The van der Waals surface area contributed by atoms with Crippen LogP contribution < -0.4 is 5.32 Å². The third-order valence-electron chi connectivity index (χ3n) is 6.45. The number of fused-ring (bicyclic) bond motifs is 1. The van der Waals surface area contributed by atoms with Crippen molar-refractivity contribution in [1.29, 1.82) is 0 Å². The van der Waals surface area contributed by atoms with Crippen molar-refractivity contribution in [3.8, 4) is 0 Å². The highest BCUT2D eigenvalue weighted by atomic mass is 32.2. The van der Waals surface area contributed by atoms with E-state index >= 15 is 0 Å². The zero-order valence-corrected chi connectivity index (χ0v) is 19.4. The Bertz CT molecular complexity index is 1090. The van der Waals surface area contributed by atoms with Gasteiger partial charge in [0.25, 0.3) is 0 Å². The van der Waals surface area contributed by atoms with Crippen molar-refractivity contribution < 1.29 is 4.79 Å². The molecular formula is C26H30N4OS. The van der Waals surface area contributed by atoms with E-state index in [1.54, 1.807) is 0 Å². The van der Waals surface area contributed by atoms with Crippen molar-refractivity contribution >= 4 is 17.7 Å². The van der Waals surface area contributed by atoms with Crippen LogP contribution in [0.25, 0.3) is 0 Å². The SMILES string of the molecule is CC(NC(=O)CSc1nnc(C2CC2)n1Cc1ccccc1)c1ccc2c(c1)CCCC2. The lowest BCUT2D eigenvalue weighted by Crippen LogP contribution is -2.28. The van der Waals surface area contributed by atoms with Gasteiger partial charge in [-0.25, -0.2) is 0 Å². The number of aromatic nitrogens is 3. The number of nitrogens with one attached hydrogen (secondary N) is 1. The zero-order valence-electron chi connectivity index (χ0n) is 18.6. The minimum Gasteiger partial charge on any atom is -0.349 e. The highest BCUT2D eigenvalue weighted by molar-refractivity contribution is 7.99. The Balaban J connectivity index is 1.22. The summed E-state index contributed by atoms with van der Waals surface area (Å²) in [4.78, 5) is 12.7. The third-order valence-corrected chi connectivity index (χ3v) is 7.42. The summed E-state index contributed by atoms with van der Waals surface area (Å²) in [6, 6.07) is 17.1. The van der Waals surface area contributed by atoms with Crippen LogP contribution in [-0.2, 0) is 24.2 Å². The first-order valence-corrected chi connectivity index (χ1v) is 12.7. The molecule has 166 valence electrons. The number of thioether (sulfide) groups is 1. The lowest BCUT2D eigenvalue weighted by Gasteiger charge is -2.20. The van der Waals surface area contributed by atoms with Gasteiger partial charge in [-0.05, 0) is 67.7 Å². The van der Waals surface area contributed by atoms with Gasteiger partial charge in [0.15, 0.2) is 5.16 Å². The largest absolute Gasteiger partial charge is 0.349 e. The Hall–Kier alpha value is -2.60. The first-order valence-electron chi connectivity index (χ1n) is 11.7. The van der Waals surface area contributed by atoms with Gasteiger partial charge in [0.2, 0.25) is 5.91 Å². The molecule has 2 aliphatic rings. The average molecular weight is 447 g/mol. The maximum Gasteiger partial charge on any atom is 0.230 e. The van der Waals surface area contributed by atoms with Crippen LogP contribution in [0.1, 0.15) is 72.6 Å². The molecule has 5 rings (SSSR count). The molecule has 0 spiro atoms. The minimum absolute atomic E-state index is 0.000426. The van der Waals surface area contributed by atoms with Crippen LogP contribution in [0.4, 0.5) is 0 Å². The number of rotatable bonds is 8. The molecule has 1 aromatic heterocycles. The fraction of sp³-hybridized carbons (Fsp3) is 0.423. The number of amides is 1. The highest BCUT2D eigenvalue weighted by Gasteiger charge is 2.30. The molecule has 1 amide bonds. The molecule has 0 saturated heterocycles. The number of hydrogen-bond donors (Lipinski definition) is 1. The predicted molar refractivity (Wildman–Crippen MR) is 128 cm³/mol. The summed E-state index contributed by atoms with van der Waals surface area (Å²) in [6.45, 7) is 2.81. The molecule has 2 aromatic carbocycles. The maximum absolute atomic E-state index is 12.7. The normalized spacial score (nSPS) is 16.4. The molecule has 1 atom stereocenters. The van der Waals surface area contributed by atoms with Crippen LogP contribution in [0.15, 0.2) is 53.7 Å². The molecule has 1 unspecified atom stereocenters. The van der Waals surface area contributed by atoms with E-state index in [-0.39, 0.29) is 11.9 Å². The number of carbonyl (C=O) groups is 1. The van der Waals surface area contributed by atoms with Crippen molar-refractivity contribution in [2.45, 2.75) is 69.1 Å². The minimum atomic E-state index is -0.000426. The Morgan fingerprint density at radius 2 is 1.88 bits per heavy atom. The second kappa shape index (κ2) is 9.49. The van der Waals surface area contributed by atoms with Crippen LogP contribution in [0.5, 0.6) is 0 Å². The van der Waals surface area contributed by atoms with Crippen molar-refractivity contribution in [2.24, 2.45) is 0 Å². The zero-order chi connectivity index (χ0) is 21.9. The predicted octanol–water partition coefficient (Wildman–Crippen LogP) is 5.05. The molecule has 32 heavy (non-hydrogen) atoms. The van der Waals surface area contributed by atoms with Crippen molar-refractivity contribution in [3.05, 3.63) is 76.6 Å². The lowest BCUT2D eigenvalue weighted by molar-refractivity contribution is -0.119. The van der Waals surface area contributed by atoms with Gasteiger partial charge >= 0.3 is 0 Å². The molecule has 6 heteroatoms. The van der Waals surface area contributed by atoms with E-state index in [1.165, 1.54) is 66.1 Å². The Morgan fingerprint density at radius 3 is 2.66 bits per heavy atom. The number of carbonyl (C=O) groups excluding carboxylic acids is 1. The highest BCUT2D eigenvalue weighted by Crippen LogP contribution is 2.40.